The van der Waals surface area contributed by atoms with E-state index < -0.39 is 28.3 Å². The number of sulfone groups is 1. The van der Waals surface area contributed by atoms with Crippen molar-refractivity contribution in [2.75, 3.05) is 37.9 Å². The standard InChI is InChI=1S/C17H21NO7S/c1-2-18(13-5-8-26(21,22)11-13)16(19)10-25-17(20)12-3-4-14-15(9-12)24-7-6-23-14/h3-4,9,13H,2,5-8,10-11H2,1H3. The Hall–Kier alpha value is -2.29. The highest BCUT2D eigenvalue weighted by Gasteiger charge is 2.34. The van der Waals surface area contributed by atoms with Gasteiger partial charge >= 0.3 is 5.97 Å². The van der Waals surface area contributed by atoms with Crippen LogP contribution in [-0.4, -0.2) is 69.1 Å². The van der Waals surface area contributed by atoms with Crippen LogP contribution in [0, 0.1) is 0 Å². The molecule has 3 rings (SSSR count). The number of nitrogens with zero attached hydrogens (tertiary/aromatic N) is 1. The minimum atomic E-state index is -3.09. The van der Waals surface area contributed by atoms with Gasteiger partial charge in [-0.05, 0) is 31.5 Å². The smallest absolute Gasteiger partial charge is 0.338 e. The molecule has 0 aromatic heterocycles. The Balaban J connectivity index is 1.59. The Morgan fingerprint density at radius 3 is 2.62 bits per heavy atom. The molecule has 0 N–H and O–H groups in total. The summed E-state index contributed by atoms with van der Waals surface area (Å²) in [4.78, 5) is 26.0. The third kappa shape index (κ3) is 4.09. The maximum absolute atomic E-state index is 12.3. The molecule has 1 unspecified atom stereocenters. The number of fused-ring (bicyclic) bond motifs is 1. The van der Waals surface area contributed by atoms with Crippen LogP contribution in [0.1, 0.15) is 23.7 Å². The fourth-order valence-corrected chi connectivity index (χ4v) is 4.85. The van der Waals surface area contributed by atoms with Crippen molar-refractivity contribution in [3.8, 4) is 11.5 Å². The van der Waals surface area contributed by atoms with Crippen molar-refractivity contribution < 1.29 is 32.2 Å². The summed E-state index contributed by atoms with van der Waals surface area (Å²) in [6.45, 7) is 2.55. The van der Waals surface area contributed by atoms with Gasteiger partial charge in [-0.1, -0.05) is 0 Å². The van der Waals surface area contributed by atoms with Crippen molar-refractivity contribution in [1.29, 1.82) is 0 Å². The Kier molecular flexibility index (Phi) is 5.36. The molecule has 2 aliphatic rings. The van der Waals surface area contributed by atoms with E-state index in [0.29, 0.717) is 37.7 Å². The minimum Gasteiger partial charge on any atom is -0.486 e. The second kappa shape index (κ2) is 7.53. The second-order valence-corrected chi connectivity index (χ2v) is 8.40. The number of likely N-dealkylation sites (N-methyl/N-ethyl adjacent to an activating group) is 1. The summed E-state index contributed by atoms with van der Waals surface area (Å²) in [5.41, 5.74) is 0.258. The van der Waals surface area contributed by atoms with Gasteiger partial charge in [0.25, 0.3) is 5.91 Å². The van der Waals surface area contributed by atoms with Crippen molar-refractivity contribution in [2.45, 2.75) is 19.4 Å². The van der Waals surface area contributed by atoms with E-state index in [0.717, 1.165) is 0 Å². The van der Waals surface area contributed by atoms with Crippen LogP contribution in [0.3, 0.4) is 0 Å². The molecule has 0 bridgehead atoms. The topological polar surface area (TPSA) is 99.2 Å². The summed E-state index contributed by atoms with van der Waals surface area (Å²) in [7, 11) is -3.09. The molecule has 0 saturated carbocycles. The lowest BCUT2D eigenvalue weighted by Crippen LogP contribution is -2.43. The van der Waals surface area contributed by atoms with Gasteiger partial charge in [0.2, 0.25) is 0 Å². The van der Waals surface area contributed by atoms with E-state index in [9.17, 15) is 18.0 Å². The highest BCUT2D eigenvalue weighted by atomic mass is 32.2. The Bertz CT molecular complexity index is 805. The van der Waals surface area contributed by atoms with E-state index >= 15 is 0 Å². The van der Waals surface area contributed by atoms with Crippen molar-refractivity contribution in [3.63, 3.8) is 0 Å². The number of hydrogen-bond acceptors (Lipinski definition) is 7. The van der Waals surface area contributed by atoms with Gasteiger partial charge in [0.1, 0.15) is 13.2 Å². The van der Waals surface area contributed by atoms with E-state index in [1.807, 2.05) is 0 Å². The van der Waals surface area contributed by atoms with E-state index in [1.165, 1.54) is 11.0 Å². The fourth-order valence-electron chi connectivity index (χ4n) is 3.12. The van der Waals surface area contributed by atoms with E-state index in [1.54, 1.807) is 19.1 Å². The van der Waals surface area contributed by atoms with Gasteiger partial charge in [-0.2, -0.15) is 0 Å². The molecule has 8 nitrogen and oxygen atoms in total. The molecule has 0 radical (unpaired) electrons. The van der Waals surface area contributed by atoms with Crippen molar-refractivity contribution >= 4 is 21.7 Å². The summed E-state index contributed by atoms with van der Waals surface area (Å²) in [6, 6.07) is 4.32. The molecule has 2 aliphatic heterocycles. The molecule has 142 valence electrons. The first-order valence-corrected chi connectivity index (χ1v) is 10.3. The van der Waals surface area contributed by atoms with Gasteiger partial charge in [0.15, 0.2) is 27.9 Å². The maximum atomic E-state index is 12.3. The zero-order chi connectivity index (χ0) is 18.7. The molecular formula is C17H21NO7S. The van der Waals surface area contributed by atoms with Crippen LogP contribution >= 0.6 is 0 Å². The fraction of sp³-hybridized carbons (Fsp3) is 0.529. The van der Waals surface area contributed by atoms with Crippen LogP contribution in [0.25, 0.3) is 0 Å². The highest BCUT2D eigenvalue weighted by molar-refractivity contribution is 7.91. The van der Waals surface area contributed by atoms with Crippen LogP contribution in [0.2, 0.25) is 0 Å². The van der Waals surface area contributed by atoms with Gasteiger partial charge < -0.3 is 19.1 Å². The molecule has 2 heterocycles. The molecule has 1 atom stereocenters. The quantitative estimate of drug-likeness (QED) is 0.688. The molecular weight excluding hydrogens is 362 g/mol. The molecule has 26 heavy (non-hydrogen) atoms. The van der Waals surface area contributed by atoms with Gasteiger partial charge in [0.05, 0.1) is 17.1 Å². The van der Waals surface area contributed by atoms with Crippen LogP contribution in [0.5, 0.6) is 11.5 Å². The molecule has 1 aromatic rings. The van der Waals surface area contributed by atoms with Gasteiger partial charge in [-0.25, -0.2) is 13.2 Å². The van der Waals surface area contributed by atoms with Crippen molar-refractivity contribution in [3.05, 3.63) is 23.8 Å². The SMILES string of the molecule is CCN(C(=O)COC(=O)c1ccc2c(c1)OCCO2)C1CCS(=O)(=O)C1. The normalized spacial score (nSPS) is 20.4. The number of esters is 1. The number of carbonyl (C=O) groups excluding carboxylic acids is 2. The third-order valence-electron chi connectivity index (χ3n) is 4.41. The first-order chi connectivity index (χ1) is 12.4. The van der Waals surface area contributed by atoms with E-state index in [2.05, 4.69) is 0 Å². The lowest BCUT2D eigenvalue weighted by atomic mass is 10.2. The number of amides is 1. The maximum Gasteiger partial charge on any atom is 0.338 e. The Labute approximate surface area is 151 Å². The van der Waals surface area contributed by atoms with Gasteiger partial charge in [0, 0.05) is 12.6 Å². The predicted molar refractivity (Wildman–Crippen MR) is 92.2 cm³/mol. The molecule has 1 amide bonds. The predicted octanol–water partition coefficient (Wildman–Crippen LogP) is 0.650. The van der Waals surface area contributed by atoms with E-state index in [4.69, 9.17) is 14.2 Å². The summed E-state index contributed by atoms with van der Waals surface area (Å²) in [5, 5.41) is 0. The number of hydrogen-bond donors (Lipinski definition) is 0. The van der Waals surface area contributed by atoms with E-state index in [-0.39, 0.29) is 23.1 Å². The lowest BCUT2D eigenvalue weighted by Gasteiger charge is -2.26. The Morgan fingerprint density at radius 1 is 1.23 bits per heavy atom. The van der Waals surface area contributed by atoms with Gasteiger partial charge in [-0.15, -0.1) is 0 Å². The summed E-state index contributed by atoms with van der Waals surface area (Å²) < 4.78 is 39.1. The average molecular weight is 383 g/mol. The first kappa shape index (κ1) is 18.5. The largest absolute Gasteiger partial charge is 0.486 e. The van der Waals surface area contributed by atoms with Crippen molar-refractivity contribution in [1.82, 2.24) is 4.90 Å². The molecule has 1 saturated heterocycles. The van der Waals surface area contributed by atoms with Crippen LogP contribution in [0.4, 0.5) is 0 Å². The monoisotopic (exact) mass is 383 g/mol. The molecule has 0 spiro atoms. The number of ether oxygens (including phenoxy) is 3. The molecule has 1 aromatic carbocycles. The summed E-state index contributed by atoms with van der Waals surface area (Å²) >= 11 is 0. The van der Waals surface area contributed by atoms with Crippen LogP contribution in [0.15, 0.2) is 18.2 Å². The van der Waals surface area contributed by atoms with Crippen molar-refractivity contribution in [2.24, 2.45) is 0 Å². The Morgan fingerprint density at radius 2 is 1.96 bits per heavy atom. The van der Waals surface area contributed by atoms with Crippen LogP contribution < -0.4 is 9.47 Å². The first-order valence-electron chi connectivity index (χ1n) is 8.46. The number of carbonyl (C=O) groups is 2. The lowest BCUT2D eigenvalue weighted by molar-refractivity contribution is -0.136. The second-order valence-electron chi connectivity index (χ2n) is 6.17. The molecule has 1 fully saturated rings. The number of benzene rings is 1. The minimum absolute atomic E-state index is 0.0390. The zero-order valence-electron chi connectivity index (χ0n) is 14.5. The van der Waals surface area contributed by atoms with Crippen LogP contribution in [-0.2, 0) is 19.4 Å². The average Bonchev–Trinajstić information content (AvgIpc) is 2.99. The summed E-state index contributed by atoms with van der Waals surface area (Å²) in [5.74, 6) is 0.0129. The van der Waals surface area contributed by atoms with Gasteiger partial charge in [-0.3, -0.25) is 4.79 Å². The molecule has 9 heteroatoms. The highest BCUT2D eigenvalue weighted by Crippen LogP contribution is 2.30. The summed E-state index contributed by atoms with van der Waals surface area (Å²) in [6.07, 6.45) is 0.415. The zero-order valence-corrected chi connectivity index (χ0v) is 15.3. The molecule has 0 aliphatic carbocycles. The number of rotatable bonds is 5. The third-order valence-corrected chi connectivity index (χ3v) is 6.17.